The fourth-order valence-corrected chi connectivity index (χ4v) is 3.81. The van der Waals surface area contributed by atoms with Crippen LogP contribution in [0.1, 0.15) is 44.5 Å². The fraction of sp³-hybridized carbons (Fsp3) is 0.769. The van der Waals surface area contributed by atoms with Gasteiger partial charge in [-0.25, -0.2) is 4.98 Å². The fourth-order valence-electron chi connectivity index (χ4n) is 3.81. The van der Waals surface area contributed by atoms with Crippen LogP contribution in [0, 0.1) is 17.8 Å². The predicted octanol–water partition coefficient (Wildman–Crippen LogP) is 2.34. The van der Waals surface area contributed by atoms with Gasteiger partial charge in [0.2, 0.25) is 0 Å². The molecule has 16 heavy (non-hydrogen) atoms. The van der Waals surface area contributed by atoms with Crippen LogP contribution in [-0.2, 0) is 6.54 Å². The average Bonchev–Trinajstić information content (AvgIpc) is 3.02. The lowest BCUT2D eigenvalue weighted by Crippen LogP contribution is -2.28. The van der Waals surface area contributed by atoms with Gasteiger partial charge in [-0.3, -0.25) is 0 Å². The molecule has 2 bridgehead atoms. The van der Waals surface area contributed by atoms with Gasteiger partial charge in [0, 0.05) is 18.9 Å². The van der Waals surface area contributed by atoms with Crippen LogP contribution in [-0.4, -0.2) is 9.55 Å². The van der Waals surface area contributed by atoms with E-state index in [9.17, 15) is 0 Å². The Kier molecular flexibility index (Phi) is 2.51. The monoisotopic (exact) mass is 219 g/mol. The van der Waals surface area contributed by atoms with Crippen molar-refractivity contribution in [3.8, 4) is 0 Å². The number of hydrogen-bond acceptors (Lipinski definition) is 2. The van der Waals surface area contributed by atoms with E-state index in [0.717, 1.165) is 24.2 Å². The molecular weight excluding hydrogens is 198 g/mol. The number of fused-ring (bicyclic) bond motifs is 2. The highest BCUT2D eigenvalue weighted by molar-refractivity contribution is 5.05. The molecule has 4 unspecified atom stereocenters. The number of rotatable bonds is 3. The molecule has 2 saturated carbocycles. The molecule has 1 aromatic heterocycles. The molecule has 0 aromatic carbocycles. The van der Waals surface area contributed by atoms with Gasteiger partial charge in [-0.1, -0.05) is 6.42 Å². The number of nitrogens with two attached hydrogens (primary N) is 1. The zero-order chi connectivity index (χ0) is 11.1. The molecule has 3 nitrogen and oxygen atoms in total. The summed E-state index contributed by atoms with van der Waals surface area (Å²) in [5, 5.41) is 0. The third-order valence-electron chi connectivity index (χ3n) is 4.64. The van der Waals surface area contributed by atoms with Gasteiger partial charge in [-0.2, -0.15) is 0 Å². The Bertz CT molecular complexity index is 371. The van der Waals surface area contributed by atoms with Crippen LogP contribution in [0.5, 0.6) is 0 Å². The van der Waals surface area contributed by atoms with Crippen LogP contribution in [0.25, 0.3) is 0 Å². The lowest BCUT2D eigenvalue weighted by Gasteiger charge is -2.27. The molecule has 0 spiro atoms. The van der Waals surface area contributed by atoms with E-state index in [1.54, 1.807) is 0 Å². The van der Waals surface area contributed by atoms with Crippen LogP contribution in [0.15, 0.2) is 12.4 Å². The maximum absolute atomic E-state index is 6.42. The molecular formula is C13H21N3. The van der Waals surface area contributed by atoms with E-state index in [1.165, 1.54) is 25.7 Å². The van der Waals surface area contributed by atoms with Crippen molar-refractivity contribution in [2.45, 2.75) is 45.2 Å². The standard InChI is InChI=1S/C13H21N3/c1-2-16-6-5-15-13(16)12(14)11-8-9-3-4-10(11)7-9/h5-6,9-12H,2-4,7-8,14H2,1H3. The quantitative estimate of drug-likeness (QED) is 0.848. The van der Waals surface area contributed by atoms with E-state index in [-0.39, 0.29) is 6.04 Å². The third kappa shape index (κ3) is 1.49. The second kappa shape index (κ2) is 3.88. The summed E-state index contributed by atoms with van der Waals surface area (Å²) in [7, 11) is 0. The summed E-state index contributed by atoms with van der Waals surface area (Å²) < 4.78 is 2.19. The maximum Gasteiger partial charge on any atom is 0.125 e. The molecule has 0 amide bonds. The van der Waals surface area contributed by atoms with Crippen molar-refractivity contribution in [2.24, 2.45) is 23.5 Å². The highest BCUT2D eigenvalue weighted by Gasteiger charge is 2.43. The Labute approximate surface area is 97.0 Å². The number of hydrogen-bond donors (Lipinski definition) is 1. The number of aromatic nitrogens is 2. The molecule has 0 saturated heterocycles. The zero-order valence-corrected chi connectivity index (χ0v) is 9.97. The van der Waals surface area contributed by atoms with Gasteiger partial charge in [0.05, 0.1) is 6.04 Å². The molecule has 2 fully saturated rings. The Morgan fingerprint density at radius 3 is 3.00 bits per heavy atom. The summed E-state index contributed by atoms with van der Waals surface area (Å²) in [6, 6.07) is 0.158. The molecule has 1 heterocycles. The van der Waals surface area contributed by atoms with Crippen LogP contribution >= 0.6 is 0 Å². The number of aryl methyl sites for hydroxylation is 1. The second-order valence-electron chi connectivity index (χ2n) is 5.44. The molecule has 2 aliphatic carbocycles. The summed E-state index contributed by atoms with van der Waals surface area (Å²) in [5.74, 6) is 3.62. The van der Waals surface area contributed by atoms with Crippen molar-refractivity contribution >= 4 is 0 Å². The van der Waals surface area contributed by atoms with E-state index in [1.807, 2.05) is 12.4 Å². The topological polar surface area (TPSA) is 43.8 Å². The van der Waals surface area contributed by atoms with Crippen molar-refractivity contribution in [3.05, 3.63) is 18.2 Å². The van der Waals surface area contributed by atoms with E-state index in [4.69, 9.17) is 5.73 Å². The summed E-state index contributed by atoms with van der Waals surface area (Å²) in [4.78, 5) is 4.45. The molecule has 2 aliphatic rings. The minimum Gasteiger partial charge on any atom is -0.334 e. The van der Waals surface area contributed by atoms with Crippen molar-refractivity contribution < 1.29 is 0 Å². The first-order valence-corrected chi connectivity index (χ1v) is 6.56. The molecule has 4 atom stereocenters. The van der Waals surface area contributed by atoms with Crippen LogP contribution in [0.2, 0.25) is 0 Å². The van der Waals surface area contributed by atoms with E-state index in [0.29, 0.717) is 5.92 Å². The summed E-state index contributed by atoms with van der Waals surface area (Å²) in [5.41, 5.74) is 6.42. The first-order valence-electron chi connectivity index (χ1n) is 6.56. The SMILES string of the molecule is CCn1ccnc1C(N)C1CC2CCC1C2. The van der Waals surface area contributed by atoms with Gasteiger partial charge in [0.25, 0.3) is 0 Å². The molecule has 0 aliphatic heterocycles. The summed E-state index contributed by atoms with van der Waals surface area (Å²) in [6.45, 7) is 3.13. The predicted molar refractivity (Wildman–Crippen MR) is 63.8 cm³/mol. The molecule has 2 N–H and O–H groups in total. The van der Waals surface area contributed by atoms with Crippen molar-refractivity contribution in [2.75, 3.05) is 0 Å². The number of nitrogens with zero attached hydrogens (tertiary/aromatic N) is 2. The number of imidazole rings is 1. The van der Waals surface area contributed by atoms with Gasteiger partial charge in [0.15, 0.2) is 0 Å². The highest BCUT2D eigenvalue weighted by atomic mass is 15.1. The van der Waals surface area contributed by atoms with E-state index >= 15 is 0 Å². The normalized spacial score (nSPS) is 34.5. The Morgan fingerprint density at radius 1 is 1.50 bits per heavy atom. The Morgan fingerprint density at radius 2 is 2.38 bits per heavy atom. The van der Waals surface area contributed by atoms with Gasteiger partial charge in [-0.05, 0) is 43.9 Å². The summed E-state index contributed by atoms with van der Waals surface area (Å²) in [6.07, 6.45) is 9.52. The molecule has 3 heteroatoms. The molecule has 1 aromatic rings. The third-order valence-corrected chi connectivity index (χ3v) is 4.64. The lowest BCUT2D eigenvalue weighted by atomic mass is 9.83. The van der Waals surface area contributed by atoms with Crippen LogP contribution in [0.4, 0.5) is 0 Å². The average molecular weight is 219 g/mol. The van der Waals surface area contributed by atoms with Crippen molar-refractivity contribution in [1.82, 2.24) is 9.55 Å². The van der Waals surface area contributed by atoms with Crippen molar-refractivity contribution in [1.29, 1.82) is 0 Å². The highest BCUT2D eigenvalue weighted by Crippen LogP contribution is 2.51. The van der Waals surface area contributed by atoms with E-state index < -0.39 is 0 Å². The van der Waals surface area contributed by atoms with Crippen molar-refractivity contribution in [3.63, 3.8) is 0 Å². The van der Waals surface area contributed by atoms with Gasteiger partial charge in [-0.15, -0.1) is 0 Å². The lowest BCUT2D eigenvalue weighted by molar-refractivity contribution is 0.273. The molecule has 3 rings (SSSR count). The first-order chi connectivity index (χ1) is 7.79. The smallest absolute Gasteiger partial charge is 0.125 e. The molecule has 88 valence electrons. The zero-order valence-electron chi connectivity index (χ0n) is 9.97. The molecule has 0 radical (unpaired) electrons. The van der Waals surface area contributed by atoms with Crippen LogP contribution in [0.3, 0.4) is 0 Å². The largest absolute Gasteiger partial charge is 0.334 e. The van der Waals surface area contributed by atoms with Crippen LogP contribution < -0.4 is 5.73 Å². The van der Waals surface area contributed by atoms with E-state index in [2.05, 4.69) is 16.5 Å². The second-order valence-corrected chi connectivity index (χ2v) is 5.44. The minimum atomic E-state index is 0.158. The summed E-state index contributed by atoms with van der Waals surface area (Å²) >= 11 is 0. The maximum atomic E-state index is 6.42. The minimum absolute atomic E-state index is 0.158. The first kappa shape index (κ1) is 10.3. The Balaban J connectivity index is 1.80. The van der Waals surface area contributed by atoms with Gasteiger partial charge >= 0.3 is 0 Å². The van der Waals surface area contributed by atoms with Gasteiger partial charge in [0.1, 0.15) is 5.82 Å². The Hall–Kier alpha value is -0.830. The van der Waals surface area contributed by atoms with Gasteiger partial charge < -0.3 is 10.3 Å².